The number of rotatable bonds is 6. The van der Waals surface area contributed by atoms with Gasteiger partial charge in [-0.15, -0.1) is 0 Å². The Labute approximate surface area is 198 Å². The van der Waals surface area contributed by atoms with Gasteiger partial charge in [-0.3, -0.25) is 9.80 Å². The number of benzene rings is 2. The van der Waals surface area contributed by atoms with Gasteiger partial charge in [0.05, 0.1) is 11.1 Å². The maximum Gasteiger partial charge on any atom is 0.339 e. The summed E-state index contributed by atoms with van der Waals surface area (Å²) in [6.07, 6.45) is -2.94. The summed E-state index contributed by atoms with van der Waals surface area (Å²) in [5.74, 6) is -0.767. The van der Waals surface area contributed by atoms with Crippen LogP contribution in [0, 0.1) is 13.8 Å². The zero-order chi connectivity index (χ0) is 24.0. The molecular formula is C26H30N2O6. The lowest BCUT2D eigenvalue weighted by atomic mass is 9.96. The quantitative estimate of drug-likeness (QED) is 0.622. The molecule has 0 amide bonds. The molecule has 34 heavy (non-hydrogen) atoms. The fraction of sp³-hybridized carbons (Fsp3) is 0.462. The van der Waals surface area contributed by atoms with Gasteiger partial charge in [-0.1, -0.05) is 24.3 Å². The zero-order valence-electron chi connectivity index (χ0n) is 19.4. The second-order valence-corrected chi connectivity index (χ2v) is 9.46. The Hall–Kier alpha value is -2.78. The predicted molar refractivity (Wildman–Crippen MR) is 124 cm³/mol. The van der Waals surface area contributed by atoms with Crippen LogP contribution in [0.25, 0.3) is 0 Å². The minimum absolute atomic E-state index is 0.383. The van der Waals surface area contributed by atoms with E-state index in [1.165, 1.54) is 0 Å². The Balaban J connectivity index is 1.15. The highest BCUT2D eigenvalue weighted by Crippen LogP contribution is 2.37. The number of hydrogen-bond donors (Lipinski definition) is 2. The number of fused-ring (bicyclic) bond motifs is 2. The normalized spacial score (nSPS) is 24.4. The van der Waals surface area contributed by atoms with Crippen LogP contribution < -0.4 is 0 Å². The van der Waals surface area contributed by atoms with Gasteiger partial charge in [-0.05, 0) is 37.1 Å². The number of aryl methyl sites for hydroxylation is 2. The number of ether oxygens (including phenoxy) is 2. The van der Waals surface area contributed by atoms with Gasteiger partial charge >= 0.3 is 11.9 Å². The molecule has 0 aliphatic carbocycles. The molecule has 2 N–H and O–H groups in total. The molecule has 0 aromatic heterocycles. The van der Waals surface area contributed by atoms with Crippen molar-refractivity contribution in [1.29, 1.82) is 0 Å². The van der Waals surface area contributed by atoms with Crippen LogP contribution in [0.4, 0.5) is 0 Å². The number of β-amino-alcohol motifs (C(OH)–C–C–N with tert-alkyl or cyclic N) is 2. The Morgan fingerprint density at radius 1 is 0.765 bits per heavy atom. The van der Waals surface area contributed by atoms with Gasteiger partial charge in [0.15, 0.2) is 12.2 Å². The van der Waals surface area contributed by atoms with Crippen molar-refractivity contribution in [1.82, 2.24) is 9.80 Å². The second kappa shape index (κ2) is 9.11. The highest BCUT2D eigenvalue weighted by atomic mass is 16.6. The zero-order valence-corrected chi connectivity index (χ0v) is 19.4. The third-order valence-corrected chi connectivity index (χ3v) is 7.18. The Morgan fingerprint density at radius 2 is 1.15 bits per heavy atom. The van der Waals surface area contributed by atoms with Crippen LogP contribution in [0.2, 0.25) is 0 Å². The van der Waals surface area contributed by atoms with E-state index in [4.69, 9.17) is 9.47 Å². The van der Waals surface area contributed by atoms with Crippen molar-refractivity contribution >= 4 is 11.9 Å². The van der Waals surface area contributed by atoms with E-state index < -0.39 is 24.4 Å². The number of piperazine rings is 1. The Morgan fingerprint density at radius 3 is 1.53 bits per heavy atom. The minimum atomic E-state index is -0.819. The van der Waals surface area contributed by atoms with Crippen LogP contribution in [0.5, 0.6) is 0 Å². The van der Waals surface area contributed by atoms with Crippen LogP contribution in [0.15, 0.2) is 36.4 Å². The van der Waals surface area contributed by atoms with Crippen LogP contribution in [-0.2, 0) is 9.47 Å². The van der Waals surface area contributed by atoms with Crippen molar-refractivity contribution in [3.05, 3.63) is 69.8 Å². The van der Waals surface area contributed by atoms with Crippen LogP contribution >= 0.6 is 0 Å². The van der Waals surface area contributed by atoms with Crippen molar-refractivity contribution < 1.29 is 29.3 Å². The third kappa shape index (κ3) is 4.11. The standard InChI is InChI=1S/C26H30N2O6/c1-15-5-3-7-17-21(15)23(33-25(17)31)19(29)13-27-9-11-28(12-10-27)14-20(30)24-22-16(2)6-4-8-18(22)26(32)34-24/h3-8,19-20,23-24,29-30H,9-14H2,1-2H3/t19-,20-,23?,24?/m1/s1. The molecule has 3 aliphatic rings. The number of carbonyl (C=O) groups is 2. The molecule has 4 atom stereocenters. The smallest absolute Gasteiger partial charge is 0.339 e. The molecule has 0 spiro atoms. The Bertz CT molecular complexity index is 1020. The second-order valence-electron chi connectivity index (χ2n) is 9.46. The first-order chi connectivity index (χ1) is 16.3. The molecule has 8 heteroatoms. The summed E-state index contributed by atoms with van der Waals surface area (Å²) in [4.78, 5) is 28.7. The number of cyclic esters (lactones) is 2. The highest BCUT2D eigenvalue weighted by molar-refractivity contribution is 5.95. The number of aliphatic hydroxyl groups is 2. The van der Waals surface area contributed by atoms with Crippen molar-refractivity contribution in [2.75, 3.05) is 39.3 Å². The summed E-state index contributed by atoms with van der Waals surface area (Å²) >= 11 is 0. The summed E-state index contributed by atoms with van der Waals surface area (Å²) < 4.78 is 11.0. The SMILES string of the molecule is Cc1cccc2c1C([C@H](O)CN1CCN(C[C@@H](O)C3OC(=O)c4cccc(C)c43)CC1)OC2=O. The van der Waals surface area contributed by atoms with Crippen LogP contribution in [0.1, 0.15) is 55.2 Å². The van der Waals surface area contributed by atoms with Gasteiger partial charge in [0.2, 0.25) is 0 Å². The summed E-state index contributed by atoms with van der Waals surface area (Å²) in [7, 11) is 0. The summed E-state index contributed by atoms with van der Waals surface area (Å²) in [6.45, 7) is 7.49. The molecule has 0 bridgehead atoms. The van der Waals surface area contributed by atoms with Gasteiger partial charge in [0.25, 0.3) is 0 Å². The number of carbonyl (C=O) groups excluding carboxylic acids is 2. The highest BCUT2D eigenvalue weighted by Gasteiger charge is 2.39. The van der Waals surface area contributed by atoms with Gasteiger partial charge in [-0.2, -0.15) is 0 Å². The van der Waals surface area contributed by atoms with Crippen molar-refractivity contribution in [3.63, 3.8) is 0 Å². The molecule has 2 aromatic rings. The summed E-state index contributed by atoms with van der Waals surface area (Å²) in [5, 5.41) is 21.7. The summed E-state index contributed by atoms with van der Waals surface area (Å²) in [6, 6.07) is 11.0. The van der Waals surface area contributed by atoms with Gasteiger partial charge in [0, 0.05) is 50.4 Å². The van der Waals surface area contributed by atoms with Crippen LogP contribution in [-0.4, -0.2) is 83.4 Å². The van der Waals surface area contributed by atoms with Gasteiger partial charge < -0.3 is 19.7 Å². The monoisotopic (exact) mass is 466 g/mol. The van der Waals surface area contributed by atoms with Gasteiger partial charge in [-0.25, -0.2) is 9.59 Å². The maximum atomic E-state index is 12.2. The molecule has 2 aromatic carbocycles. The lowest BCUT2D eigenvalue weighted by Crippen LogP contribution is -2.51. The average Bonchev–Trinajstić information content (AvgIpc) is 3.34. The molecule has 0 saturated carbocycles. The largest absolute Gasteiger partial charge is 0.451 e. The third-order valence-electron chi connectivity index (χ3n) is 7.18. The van der Waals surface area contributed by atoms with E-state index >= 15 is 0 Å². The molecule has 1 fully saturated rings. The van der Waals surface area contributed by atoms with E-state index in [2.05, 4.69) is 9.80 Å². The fourth-order valence-electron chi connectivity index (χ4n) is 5.36. The van der Waals surface area contributed by atoms with Crippen molar-refractivity contribution in [3.8, 4) is 0 Å². The van der Waals surface area contributed by atoms with Crippen LogP contribution in [0.3, 0.4) is 0 Å². The molecule has 8 nitrogen and oxygen atoms in total. The average molecular weight is 467 g/mol. The van der Waals surface area contributed by atoms with E-state index in [-0.39, 0.29) is 11.9 Å². The lowest BCUT2D eigenvalue weighted by molar-refractivity contribution is -0.0384. The topological polar surface area (TPSA) is 99.5 Å². The van der Waals surface area contributed by atoms with E-state index in [1.807, 2.05) is 38.1 Å². The molecule has 180 valence electrons. The van der Waals surface area contributed by atoms with Crippen molar-refractivity contribution in [2.24, 2.45) is 0 Å². The first-order valence-electron chi connectivity index (χ1n) is 11.8. The number of hydrogen-bond acceptors (Lipinski definition) is 8. The van der Waals surface area contributed by atoms with E-state index in [1.54, 1.807) is 12.1 Å². The molecular weight excluding hydrogens is 436 g/mol. The first kappa shape index (κ1) is 23.0. The minimum Gasteiger partial charge on any atom is -0.451 e. The van der Waals surface area contributed by atoms with E-state index in [0.717, 1.165) is 22.3 Å². The number of nitrogens with zero attached hydrogens (tertiary/aromatic N) is 2. The molecule has 1 saturated heterocycles. The summed E-state index contributed by atoms with van der Waals surface area (Å²) in [5.41, 5.74) is 4.51. The molecule has 3 aliphatic heterocycles. The lowest BCUT2D eigenvalue weighted by Gasteiger charge is -2.37. The molecule has 5 rings (SSSR count). The molecule has 0 radical (unpaired) electrons. The first-order valence-corrected chi connectivity index (χ1v) is 11.8. The van der Waals surface area contributed by atoms with E-state index in [0.29, 0.717) is 50.4 Å². The number of esters is 2. The van der Waals surface area contributed by atoms with Gasteiger partial charge in [0.1, 0.15) is 12.2 Å². The molecule has 2 unspecified atom stereocenters. The number of aliphatic hydroxyl groups excluding tert-OH is 2. The van der Waals surface area contributed by atoms with E-state index in [9.17, 15) is 19.8 Å². The maximum absolute atomic E-state index is 12.2. The predicted octanol–water partition coefficient (Wildman–Crippen LogP) is 1.77. The molecule has 3 heterocycles. The fourth-order valence-corrected chi connectivity index (χ4v) is 5.36. The van der Waals surface area contributed by atoms with Crippen molar-refractivity contribution in [2.45, 2.75) is 38.3 Å². The Kier molecular flexibility index (Phi) is 6.16.